The van der Waals surface area contributed by atoms with E-state index in [0.717, 1.165) is 30.0 Å². The number of benzene rings is 1. The van der Waals surface area contributed by atoms with E-state index >= 15 is 0 Å². The van der Waals surface area contributed by atoms with Gasteiger partial charge in [-0.05, 0) is 58.0 Å². The third-order valence-corrected chi connectivity index (χ3v) is 4.73. The molecule has 2 aromatic rings. The minimum atomic E-state index is 0.310. The molecule has 0 N–H and O–H groups in total. The predicted molar refractivity (Wildman–Crippen MR) is 83.5 cm³/mol. The van der Waals surface area contributed by atoms with Crippen LogP contribution in [-0.2, 0) is 0 Å². The van der Waals surface area contributed by atoms with Gasteiger partial charge in [-0.15, -0.1) is 10.2 Å². The van der Waals surface area contributed by atoms with E-state index in [0.29, 0.717) is 22.9 Å². The van der Waals surface area contributed by atoms with Crippen molar-refractivity contribution in [2.24, 2.45) is 0 Å². The molecule has 0 spiro atoms. The Labute approximate surface area is 130 Å². The van der Waals surface area contributed by atoms with Crippen LogP contribution in [0.3, 0.4) is 0 Å². The largest absolute Gasteiger partial charge is 0.420 e. The smallest absolute Gasteiger partial charge is 0.248 e. The maximum Gasteiger partial charge on any atom is 0.248 e. The number of nitrogens with zero attached hydrogens (tertiary/aromatic N) is 3. The standard InChI is InChI=1S/C16H20ClN3O/c1-10-6-7-12(17)9-14(10)16-19-18-15(21-16)13-5-4-8-20(3)11(13)2/h6-7,9,11,13H,4-5,8H2,1-3H3/t11-,13-/m0/s1. The molecule has 1 aliphatic rings. The third-order valence-electron chi connectivity index (χ3n) is 4.49. The van der Waals surface area contributed by atoms with Crippen molar-refractivity contribution >= 4 is 11.6 Å². The van der Waals surface area contributed by atoms with E-state index in [-0.39, 0.29) is 0 Å². The second-order valence-electron chi connectivity index (χ2n) is 5.87. The minimum absolute atomic E-state index is 0.310. The zero-order valence-electron chi connectivity index (χ0n) is 12.6. The lowest BCUT2D eigenvalue weighted by molar-refractivity contribution is 0.158. The summed E-state index contributed by atoms with van der Waals surface area (Å²) in [5.41, 5.74) is 2.00. The molecule has 0 saturated carbocycles. The van der Waals surface area contributed by atoms with Crippen LogP contribution in [0.25, 0.3) is 11.5 Å². The van der Waals surface area contributed by atoms with Crippen LogP contribution in [0.1, 0.15) is 37.1 Å². The fourth-order valence-electron chi connectivity index (χ4n) is 2.96. The molecule has 3 rings (SSSR count). The number of likely N-dealkylation sites (N-methyl/N-ethyl adjacent to an activating group) is 1. The van der Waals surface area contributed by atoms with Crippen molar-refractivity contribution in [3.63, 3.8) is 0 Å². The molecule has 0 radical (unpaired) electrons. The molecular formula is C16H20ClN3O. The summed E-state index contributed by atoms with van der Waals surface area (Å²) < 4.78 is 5.96. The van der Waals surface area contributed by atoms with Crippen LogP contribution >= 0.6 is 11.6 Å². The van der Waals surface area contributed by atoms with Crippen molar-refractivity contribution in [2.75, 3.05) is 13.6 Å². The van der Waals surface area contributed by atoms with Gasteiger partial charge in [0.15, 0.2) is 0 Å². The molecule has 4 nitrogen and oxygen atoms in total. The SMILES string of the molecule is Cc1ccc(Cl)cc1-c1nnc([C@H]2CCCN(C)[C@H]2C)o1. The van der Waals surface area contributed by atoms with Gasteiger partial charge in [0.05, 0.1) is 5.92 Å². The van der Waals surface area contributed by atoms with E-state index in [1.54, 1.807) is 0 Å². The van der Waals surface area contributed by atoms with Crippen LogP contribution in [0.4, 0.5) is 0 Å². The average molecular weight is 306 g/mol. The maximum absolute atomic E-state index is 6.07. The Kier molecular flexibility index (Phi) is 4.00. The third kappa shape index (κ3) is 2.83. The fourth-order valence-corrected chi connectivity index (χ4v) is 3.13. The quantitative estimate of drug-likeness (QED) is 0.844. The summed E-state index contributed by atoms with van der Waals surface area (Å²) >= 11 is 6.07. The molecule has 1 aromatic heterocycles. The van der Waals surface area contributed by atoms with E-state index in [9.17, 15) is 0 Å². The van der Waals surface area contributed by atoms with Gasteiger partial charge in [0.25, 0.3) is 0 Å². The second-order valence-corrected chi connectivity index (χ2v) is 6.31. The summed E-state index contributed by atoms with van der Waals surface area (Å²) in [6, 6.07) is 6.14. The molecule has 1 saturated heterocycles. The van der Waals surface area contributed by atoms with Crippen LogP contribution in [0.15, 0.2) is 22.6 Å². The fraction of sp³-hybridized carbons (Fsp3) is 0.500. The number of halogens is 1. The second kappa shape index (κ2) is 5.78. The highest BCUT2D eigenvalue weighted by Crippen LogP contribution is 2.33. The molecule has 112 valence electrons. The number of piperidine rings is 1. The number of aryl methyl sites for hydroxylation is 1. The van der Waals surface area contributed by atoms with Crippen molar-refractivity contribution in [1.29, 1.82) is 0 Å². The van der Waals surface area contributed by atoms with Gasteiger partial charge in [-0.3, -0.25) is 0 Å². The molecule has 1 aliphatic heterocycles. The van der Waals surface area contributed by atoms with Crippen molar-refractivity contribution < 1.29 is 4.42 Å². The highest BCUT2D eigenvalue weighted by atomic mass is 35.5. The van der Waals surface area contributed by atoms with Crippen LogP contribution in [0, 0.1) is 6.92 Å². The summed E-state index contributed by atoms with van der Waals surface area (Å²) in [6.07, 6.45) is 2.26. The molecule has 1 aromatic carbocycles. The van der Waals surface area contributed by atoms with E-state index in [4.69, 9.17) is 16.0 Å². The first-order valence-corrected chi connectivity index (χ1v) is 7.74. The van der Waals surface area contributed by atoms with Crippen molar-refractivity contribution in [3.05, 3.63) is 34.7 Å². The lowest BCUT2D eigenvalue weighted by Gasteiger charge is -2.34. The molecule has 0 amide bonds. The molecule has 1 fully saturated rings. The monoisotopic (exact) mass is 305 g/mol. The van der Waals surface area contributed by atoms with Crippen LogP contribution in [-0.4, -0.2) is 34.7 Å². The van der Waals surface area contributed by atoms with Gasteiger partial charge in [0, 0.05) is 16.6 Å². The highest BCUT2D eigenvalue weighted by Gasteiger charge is 2.31. The topological polar surface area (TPSA) is 42.2 Å². The lowest BCUT2D eigenvalue weighted by Crippen LogP contribution is -2.39. The van der Waals surface area contributed by atoms with Crippen molar-refractivity contribution in [1.82, 2.24) is 15.1 Å². The maximum atomic E-state index is 6.07. The Bertz CT molecular complexity index is 640. The first-order chi connectivity index (χ1) is 10.1. The summed E-state index contributed by atoms with van der Waals surface area (Å²) in [4.78, 5) is 2.35. The Hall–Kier alpha value is -1.39. The first kappa shape index (κ1) is 14.5. The summed E-state index contributed by atoms with van der Waals surface area (Å²) in [6.45, 7) is 5.37. The minimum Gasteiger partial charge on any atom is -0.420 e. The van der Waals surface area contributed by atoms with E-state index in [1.807, 2.05) is 25.1 Å². The number of likely N-dealkylation sites (tertiary alicyclic amines) is 1. The Morgan fingerprint density at radius 1 is 1.33 bits per heavy atom. The average Bonchev–Trinajstić information content (AvgIpc) is 2.94. The summed E-state index contributed by atoms with van der Waals surface area (Å²) in [5.74, 6) is 1.61. The number of aromatic nitrogens is 2. The van der Waals surface area contributed by atoms with Crippen LogP contribution < -0.4 is 0 Å². The van der Waals surface area contributed by atoms with E-state index in [2.05, 4.69) is 29.1 Å². The van der Waals surface area contributed by atoms with Gasteiger partial charge >= 0.3 is 0 Å². The molecule has 2 atom stereocenters. The molecule has 21 heavy (non-hydrogen) atoms. The van der Waals surface area contributed by atoms with Gasteiger partial charge < -0.3 is 9.32 Å². The lowest BCUT2D eigenvalue weighted by atomic mass is 9.90. The Morgan fingerprint density at radius 2 is 2.14 bits per heavy atom. The van der Waals surface area contributed by atoms with E-state index in [1.165, 1.54) is 6.42 Å². The zero-order valence-corrected chi connectivity index (χ0v) is 13.4. The number of rotatable bonds is 2. The van der Waals surface area contributed by atoms with Gasteiger partial charge in [0.2, 0.25) is 11.8 Å². The Morgan fingerprint density at radius 3 is 2.95 bits per heavy atom. The first-order valence-electron chi connectivity index (χ1n) is 7.36. The summed E-state index contributed by atoms with van der Waals surface area (Å²) in [7, 11) is 2.15. The molecule has 0 unspecified atom stereocenters. The number of hydrogen-bond acceptors (Lipinski definition) is 4. The summed E-state index contributed by atoms with van der Waals surface area (Å²) in [5, 5.41) is 9.20. The van der Waals surface area contributed by atoms with Crippen molar-refractivity contribution in [2.45, 2.75) is 38.6 Å². The van der Waals surface area contributed by atoms with Gasteiger partial charge in [-0.2, -0.15) is 0 Å². The molecule has 0 bridgehead atoms. The van der Waals surface area contributed by atoms with Gasteiger partial charge in [-0.25, -0.2) is 0 Å². The van der Waals surface area contributed by atoms with Gasteiger partial charge in [-0.1, -0.05) is 17.7 Å². The predicted octanol–water partition coefficient (Wildman–Crippen LogP) is 3.90. The molecular weight excluding hydrogens is 286 g/mol. The highest BCUT2D eigenvalue weighted by molar-refractivity contribution is 6.30. The molecule has 2 heterocycles. The van der Waals surface area contributed by atoms with Crippen LogP contribution in [0.5, 0.6) is 0 Å². The molecule has 5 heteroatoms. The Balaban J connectivity index is 1.91. The van der Waals surface area contributed by atoms with Crippen molar-refractivity contribution in [3.8, 4) is 11.5 Å². The van der Waals surface area contributed by atoms with Crippen LogP contribution in [0.2, 0.25) is 5.02 Å². The van der Waals surface area contributed by atoms with E-state index < -0.39 is 0 Å². The normalized spacial score (nSPS) is 23.4. The zero-order chi connectivity index (χ0) is 15.0. The molecule has 0 aliphatic carbocycles. The number of hydrogen-bond donors (Lipinski definition) is 0. The van der Waals surface area contributed by atoms with Gasteiger partial charge in [0.1, 0.15) is 0 Å².